The van der Waals surface area contributed by atoms with Gasteiger partial charge in [0.25, 0.3) is 0 Å². The summed E-state index contributed by atoms with van der Waals surface area (Å²) in [5.74, 6) is 0. The van der Waals surface area contributed by atoms with Crippen molar-refractivity contribution in [1.29, 1.82) is 0 Å². The van der Waals surface area contributed by atoms with Gasteiger partial charge in [-0.1, -0.05) is 0 Å². The van der Waals surface area contributed by atoms with Gasteiger partial charge >= 0.3 is 0 Å². The number of aryl methyl sites for hydroxylation is 1. The fraction of sp³-hybridized carbons (Fsp3) is 0.667. The van der Waals surface area contributed by atoms with Crippen LogP contribution in [0.4, 0.5) is 0 Å². The Labute approximate surface area is 103 Å². The second-order valence-corrected chi connectivity index (χ2v) is 5.88. The Bertz CT molecular complexity index is 320. The van der Waals surface area contributed by atoms with Crippen LogP contribution < -0.4 is 5.73 Å². The number of hydrogen-bond acceptors (Lipinski definition) is 4. The Balaban J connectivity index is 2.48. The average molecular weight is 241 g/mol. The first-order valence-corrected chi connectivity index (χ1v) is 6.46. The molecule has 0 unspecified atom stereocenters. The fourth-order valence-corrected chi connectivity index (χ4v) is 2.52. The second-order valence-electron chi connectivity index (χ2n) is 4.54. The molecule has 0 amide bonds. The third-order valence-electron chi connectivity index (χ3n) is 2.64. The number of nitrogens with zero attached hydrogens (tertiary/aromatic N) is 2. The van der Waals surface area contributed by atoms with Crippen LogP contribution in [0.5, 0.6) is 0 Å². The summed E-state index contributed by atoms with van der Waals surface area (Å²) in [6.07, 6.45) is 0. The van der Waals surface area contributed by atoms with Gasteiger partial charge in [-0.05, 0) is 39.7 Å². The molecule has 0 radical (unpaired) electrons. The Hall–Kier alpha value is -0.420. The molecule has 0 aliphatic rings. The molecule has 3 nitrogen and oxygen atoms in total. The van der Waals surface area contributed by atoms with Gasteiger partial charge in [-0.3, -0.25) is 0 Å². The van der Waals surface area contributed by atoms with Crippen LogP contribution in [0.3, 0.4) is 0 Å². The highest BCUT2D eigenvalue weighted by molar-refractivity contribution is 7.12. The second kappa shape index (κ2) is 6.35. The van der Waals surface area contributed by atoms with E-state index in [0.29, 0.717) is 6.54 Å². The van der Waals surface area contributed by atoms with Gasteiger partial charge < -0.3 is 15.5 Å². The van der Waals surface area contributed by atoms with E-state index in [1.165, 1.54) is 15.3 Å². The summed E-state index contributed by atoms with van der Waals surface area (Å²) in [4.78, 5) is 7.25. The van der Waals surface area contributed by atoms with Gasteiger partial charge in [-0.25, -0.2) is 0 Å². The Morgan fingerprint density at radius 1 is 1.25 bits per heavy atom. The summed E-state index contributed by atoms with van der Waals surface area (Å²) < 4.78 is 0. The van der Waals surface area contributed by atoms with E-state index in [4.69, 9.17) is 5.73 Å². The summed E-state index contributed by atoms with van der Waals surface area (Å²) >= 11 is 1.82. The largest absolute Gasteiger partial charge is 0.326 e. The fourth-order valence-electron chi connectivity index (χ4n) is 1.59. The van der Waals surface area contributed by atoms with E-state index in [-0.39, 0.29) is 0 Å². The van der Waals surface area contributed by atoms with Crippen molar-refractivity contribution >= 4 is 11.3 Å². The van der Waals surface area contributed by atoms with Crippen LogP contribution in [-0.2, 0) is 13.1 Å². The van der Waals surface area contributed by atoms with Crippen molar-refractivity contribution in [1.82, 2.24) is 9.80 Å². The summed E-state index contributed by atoms with van der Waals surface area (Å²) in [7, 11) is 6.38. The smallest absolute Gasteiger partial charge is 0.0274 e. The van der Waals surface area contributed by atoms with Crippen LogP contribution >= 0.6 is 11.3 Å². The molecule has 2 N–H and O–H groups in total. The van der Waals surface area contributed by atoms with Crippen LogP contribution in [0.15, 0.2) is 6.07 Å². The molecule has 92 valence electrons. The van der Waals surface area contributed by atoms with E-state index >= 15 is 0 Å². The Morgan fingerprint density at radius 3 is 2.44 bits per heavy atom. The van der Waals surface area contributed by atoms with Crippen molar-refractivity contribution in [2.45, 2.75) is 20.0 Å². The Morgan fingerprint density at radius 2 is 1.94 bits per heavy atom. The number of hydrogen-bond donors (Lipinski definition) is 1. The lowest BCUT2D eigenvalue weighted by atomic mass is 10.2. The number of thiophene rings is 1. The predicted molar refractivity (Wildman–Crippen MR) is 71.8 cm³/mol. The van der Waals surface area contributed by atoms with Gasteiger partial charge in [0.1, 0.15) is 0 Å². The predicted octanol–water partition coefficient (Wildman–Crippen LogP) is 1.51. The minimum Gasteiger partial charge on any atom is -0.326 e. The van der Waals surface area contributed by atoms with Gasteiger partial charge in [-0.15, -0.1) is 11.3 Å². The van der Waals surface area contributed by atoms with E-state index in [1.54, 1.807) is 0 Å². The summed E-state index contributed by atoms with van der Waals surface area (Å²) in [5.41, 5.74) is 7.07. The van der Waals surface area contributed by atoms with E-state index in [1.807, 2.05) is 11.3 Å². The topological polar surface area (TPSA) is 32.5 Å². The Kier molecular flexibility index (Phi) is 5.41. The highest BCUT2D eigenvalue weighted by Gasteiger charge is 2.07. The van der Waals surface area contributed by atoms with Gasteiger partial charge in [0.15, 0.2) is 0 Å². The molecule has 0 spiro atoms. The molecule has 4 heteroatoms. The summed E-state index contributed by atoms with van der Waals surface area (Å²) in [5, 5.41) is 0. The molecule has 0 aliphatic heterocycles. The lowest BCUT2D eigenvalue weighted by molar-refractivity contribution is 0.276. The molecule has 0 atom stereocenters. The molecule has 0 saturated carbocycles. The van der Waals surface area contributed by atoms with Crippen LogP contribution in [0.25, 0.3) is 0 Å². The highest BCUT2D eigenvalue weighted by Crippen LogP contribution is 2.22. The van der Waals surface area contributed by atoms with Crippen molar-refractivity contribution in [2.75, 3.05) is 34.2 Å². The maximum atomic E-state index is 5.65. The lowest BCUT2D eigenvalue weighted by Crippen LogP contribution is -2.28. The summed E-state index contributed by atoms with van der Waals surface area (Å²) in [6, 6.07) is 2.24. The van der Waals surface area contributed by atoms with E-state index in [2.05, 4.69) is 43.9 Å². The standard InChI is InChI=1S/C12H23N3S/c1-10-11(7-12(8-13)16-10)9-15(4)6-5-14(2)3/h7H,5-6,8-9,13H2,1-4H3. The van der Waals surface area contributed by atoms with Crippen LogP contribution in [0.2, 0.25) is 0 Å². The molecule has 0 bridgehead atoms. The molecule has 0 saturated heterocycles. The van der Waals surface area contributed by atoms with Crippen molar-refractivity contribution in [3.05, 3.63) is 21.4 Å². The highest BCUT2D eigenvalue weighted by atomic mass is 32.1. The average Bonchev–Trinajstić information content (AvgIpc) is 2.57. The molecule has 0 aliphatic carbocycles. The number of rotatable bonds is 6. The maximum absolute atomic E-state index is 5.65. The third kappa shape index (κ3) is 4.22. The molecule has 1 rings (SSSR count). The quantitative estimate of drug-likeness (QED) is 0.819. The first kappa shape index (κ1) is 13.6. The van der Waals surface area contributed by atoms with E-state index in [9.17, 15) is 0 Å². The van der Waals surface area contributed by atoms with Crippen molar-refractivity contribution in [3.63, 3.8) is 0 Å². The van der Waals surface area contributed by atoms with Crippen molar-refractivity contribution in [3.8, 4) is 0 Å². The van der Waals surface area contributed by atoms with E-state index < -0.39 is 0 Å². The lowest BCUT2D eigenvalue weighted by Gasteiger charge is -2.19. The van der Waals surface area contributed by atoms with Crippen molar-refractivity contribution in [2.24, 2.45) is 5.73 Å². The molecule has 0 aromatic carbocycles. The number of likely N-dealkylation sites (N-methyl/N-ethyl adjacent to an activating group) is 2. The monoisotopic (exact) mass is 241 g/mol. The SMILES string of the molecule is Cc1sc(CN)cc1CN(C)CCN(C)C. The summed E-state index contributed by atoms with van der Waals surface area (Å²) in [6.45, 7) is 6.06. The number of nitrogens with two attached hydrogens (primary N) is 1. The zero-order chi connectivity index (χ0) is 12.1. The maximum Gasteiger partial charge on any atom is 0.0274 e. The minimum atomic E-state index is 0.660. The molecule has 0 fully saturated rings. The molecule has 1 aromatic rings. The molecule has 16 heavy (non-hydrogen) atoms. The van der Waals surface area contributed by atoms with Gasteiger partial charge in [0.2, 0.25) is 0 Å². The zero-order valence-corrected chi connectivity index (χ0v) is 11.6. The van der Waals surface area contributed by atoms with Crippen LogP contribution in [-0.4, -0.2) is 44.0 Å². The molecular formula is C12H23N3S. The minimum absolute atomic E-state index is 0.660. The molecule has 1 heterocycles. The van der Waals surface area contributed by atoms with Crippen LogP contribution in [0.1, 0.15) is 15.3 Å². The van der Waals surface area contributed by atoms with Crippen LogP contribution in [0, 0.1) is 6.92 Å². The van der Waals surface area contributed by atoms with Gasteiger partial charge in [0, 0.05) is 35.9 Å². The molecular weight excluding hydrogens is 218 g/mol. The van der Waals surface area contributed by atoms with Crippen molar-refractivity contribution < 1.29 is 0 Å². The normalized spacial score (nSPS) is 11.7. The zero-order valence-electron chi connectivity index (χ0n) is 10.8. The first-order chi connectivity index (χ1) is 7.52. The first-order valence-electron chi connectivity index (χ1n) is 5.64. The molecule has 1 aromatic heterocycles. The van der Waals surface area contributed by atoms with E-state index in [0.717, 1.165) is 19.6 Å². The third-order valence-corrected chi connectivity index (χ3v) is 3.76. The van der Waals surface area contributed by atoms with Gasteiger partial charge in [0.05, 0.1) is 0 Å². The van der Waals surface area contributed by atoms with Gasteiger partial charge in [-0.2, -0.15) is 0 Å².